The molecule has 0 aliphatic rings. The summed E-state index contributed by atoms with van der Waals surface area (Å²) in [6.07, 6.45) is 3.96. The molecule has 1 aromatic carbocycles. The van der Waals surface area contributed by atoms with E-state index >= 15 is 0 Å². The van der Waals surface area contributed by atoms with Crippen molar-refractivity contribution in [3.8, 4) is 5.75 Å². The van der Waals surface area contributed by atoms with Crippen LogP contribution in [0.5, 0.6) is 5.75 Å². The van der Waals surface area contributed by atoms with Gasteiger partial charge in [-0.3, -0.25) is 0 Å². The smallest absolute Gasteiger partial charge is 0.140 e. The molecule has 0 bridgehead atoms. The SMILES string of the molecule is Cc1cn2cc(Br)c(OCc3ccccc3)cc2n1. The van der Waals surface area contributed by atoms with Crippen LogP contribution in [0.25, 0.3) is 5.65 Å². The maximum absolute atomic E-state index is 5.84. The van der Waals surface area contributed by atoms with Crippen LogP contribution in [0.2, 0.25) is 0 Å². The van der Waals surface area contributed by atoms with Gasteiger partial charge in [-0.05, 0) is 28.4 Å². The van der Waals surface area contributed by atoms with Crippen molar-refractivity contribution in [2.45, 2.75) is 13.5 Å². The van der Waals surface area contributed by atoms with E-state index in [1.54, 1.807) is 0 Å². The minimum Gasteiger partial charge on any atom is -0.488 e. The molecule has 19 heavy (non-hydrogen) atoms. The fourth-order valence-corrected chi connectivity index (χ4v) is 2.41. The Bertz CT molecular complexity index is 707. The standard InChI is InChI=1S/C15H13BrN2O/c1-11-8-18-9-13(16)14(7-15(18)17-11)19-10-12-5-3-2-4-6-12/h2-9H,10H2,1H3. The third-order valence-electron chi connectivity index (χ3n) is 2.87. The number of halogens is 1. The number of rotatable bonds is 3. The number of aromatic nitrogens is 2. The Hall–Kier alpha value is -1.81. The molecule has 3 nitrogen and oxygen atoms in total. The number of fused-ring (bicyclic) bond motifs is 1. The van der Waals surface area contributed by atoms with Crippen molar-refractivity contribution >= 4 is 21.6 Å². The van der Waals surface area contributed by atoms with Crippen LogP contribution in [0.4, 0.5) is 0 Å². The zero-order valence-corrected chi connectivity index (χ0v) is 12.1. The van der Waals surface area contributed by atoms with Crippen molar-refractivity contribution in [3.05, 3.63) is 64.5 Å². The molecule has 0 saturated heterocycles. The van der Waals surface area contributed by atoms with E-state index in [4.69, 9.17) is 4.74 Å². The highest BCUT2D eigenvalue weighted by Gasteiger charge is 2.06. The zero-order valence-electron chi connectivity index (χ0n) is 10.5. The highest BCUT2D eigenvalue weighted by atomic mass is 79.9. The van der Waals surface area contributed by atoms with Gasteiger partial charge in [0, 0.05) is 18.5 Å². The van der Waals surface area contributed by atoms with Gasteiger partial charge in [0.2, 0.25) is 0 Å². The molecule has 0 atom stereocenters. The number of hydrogen-bond acceptors (Lipinski definition) is 2. The molecule has 3 aromatic rings. The molecule has 0 unspecified atom stereocenters. The summed E-state index contributed by atoms with van der Waals surface area (Å²) < 4.78 is 8.75. The van der Waals surface area contributed by atoms with Crippen molar-refractivity contribution < 1.29 is 4.74 Å². The second-order valence-electron chi connectivity index (χ2n) is 4.41. The van der Waals surface area contributed by atoms with E-state index in [9.17, 15) is 0 Å². The largest absolute Gasteiger partial charge is 0.488 e. The van der Waals surface area contributed by atoms with Crippen LogP contribution in [0.1, 0.15) is 11.3 Å². The van der Waals surface area contributed by atoms with Crippen LogP contribution >= 0.6 is 15.9 Å². The number of pyridine rings is 1. The van der Waals surface area contributed by atoms with Gasteiger partial charge in [-0.1, -0.05) is 30.3 Å². The van der Waals surface area contributed by atoms with Crippen LogP contribution in [-0.4, -0.2) is 9.38 Å². The Morgan fingerprint density at radius 1 is 1.21 bits per heavy atom. The Morgan fingerprint density at radius 2 is 2.00 bits per heavy atom. The van der Waals surface area contributed by atoms with Crippen LogP contribution in [0, 0.1) is 6.92 Å². The lowest BCUT2D eigenvalue weighted by Crippen LogP contribution is -1.97. The summed E-state index contributed by atoms with van der Waals surface area (Å²) >= 11 is 3.53. The van der Waals surface area contributed by atoms with Crippen LogP contribution in [-0.2, 0) is 6.61 Å². The molecule has 0 fully saturated rings. The van der Waals surface area contributed by atoms with E-state index in [1.807, 2.05) is 60.1 Å². The lowest BCUT2D eigenvalue weighted by Gasteiger charge is -2.08. The molecule has 2 aromatic heterocycles. The highest BCUT2D eigenvalue weighted by molar-refractivity contribution is 9.10. The quantitative estimate of drug-likeness (QED) is 0.730. The number of hydrogen-bond donors (Lipinski definition) is 0. The van der Waals surface area contributed by atoms with Gasteiger partial charge >= 0.3 is 0 Å². The Kier molecular flexibility index (Phi) is 3.25. The molecule has 4 heteroatoms. The van der Waals surface area contributed by atoms with Gasteiger partial charge in [-0.15, -0.1) is 0 Å². The summed E-state index contributed by atoms with van der Waals surface area (Å²) in [7, 11) is 0. The topological polar surface area (TPSA) is 26.5 Å². The summed E-state index contributed by atoms with van der Waals surface area (Å²) in [6, 6.07) is 12.1. The van der Waals surface area contributed by atoms with Gasteiger partial charge in [0.1, 0.15) is 18.0 Å². The maximum Gasteiger partial charge on any atom is 0.140 e. The molecule has 3 rings (SSSR count). The van der Waals surface area contributed by atoms with E-state index < -0.39 is 0 Å². The molecule has 0 aliphatic carbocycles. The van der Waals surface area contributed by atoms with E-state index in [-0.39, 0.29) is 0 Å². The third-order valence-corrected chi connectivity index (χ3v) is 3.46. The molecular formula is C15H13BrN2O. The average Bonchev–Trinajstić information content (AvgIpc) is 2.76. The number of imidazole rings is 1. The molecule has 0 N–H and O–H groups in total. The second kappa shape index (κ2) is 5.05. The summed E-state index contributed by atoms with van der Waals surface area (Å²) in [5.41, 5.74) is 3.03. The number of ether oxygens (including phenoxy) is 1. The van der Waals surface area contributed by atoms with E-state index in [2.05, 4.69) is 20.9 Å². The fourth-order valence-electron chi connectivity index (χ4n) is 1.96. The summed E-state index contributed by atoms with van der Waals surface area (Å²) in [5, 5.41) is 0. The second-order valence-corrected chi connectivity index (χ2v) is 5.26. The molecule has 96 valence electrons. The summed E-state index contributed by atoms with van der Waals surface area (Å²) in [5.74, 6) is 0.807. The Labute approximate surface area is 120 Å². The molecule has 0 radical (unpaired) electrons. The van der Waals surface area contributed by atoms with Crippen molar-refractivity contribution in [3.63, 3.8) is 0 Å². The van der Waals surface area contributed by atoms with Crippen LogP contribution < -0.4 is 4.74 Å². The van der Waals surface area contributed by atoms with Gasteiger partial charge < -0.3 is 9.14 Å². The average molecular weight is 317 g/mol. The Morgan fingerprint density at radius 3 is 2.79 bits per heavy atom. The van der Waals surface area contributed by atoms with Gasteiger partial charge in [0.05, 0.1) is 10.2 Å². The summed E-state index contributed by atoms with van der Waals surface area (Å²) in [6.45, 7) is 2.53. The monoisotopic (exact) mass is 316 g/mol. The molecule has 2 heterocycles. The highest BCUT2D eigenvalue weighted by Crippen LogP contribution is 2.27. The minimum atomic E-state index is 0.551. The minimum absolute atomic E-state index is 0.551. The third kappa shape index (κ3) is 2.63. The zero-order chi connectivity index (χ0) is 13.2. The first-order valence-electron chi connectivity index (χ1n) is 6.04. The van der Waals surface area contributed by atoms with E-state index in [0.717, 1.165) is 27.1 Å². The van der Waals surface area contributed by atoms with Gasteiger partial charge in [0.25, 0.3) is 0 Å². The first-order valence-corrected chi connectivity index (χ1v) is 6.83. The number of benzene rings is 1. The normalized spacial score (nSPS) is 10.8. The fraction of sp³-hybridized carbons (Fsp3) is 0.133. The lowest BCUT2D eigenvalue weighted by atomic mass is 10.2. The number of aryl methyl sites for hydroxylation is 1. The van der Waals surface area contributed by atoms with Crippen LogP contribution in [0.15, 0.2) is 53.3 Å². The van der Waals surface area contributed by atoms with Gasteiger partial charge in [-0.2, -0.15) is 0 Å². The van der Waals surface area contributed by atoms with Crippen LogP contribution in [0.3, 0.4) is 0 Å². The van der Waals surface area contributed by atoms with Crippen molar-refractivity contribution in [2.24, 2.45) is 0 Å². The van der Waals surface area contributed by atoms with Crippen molar-refractivity contribution in [1.29, 1.82) is 0 Å². The predicted molar refractivity (Wildman–Crippen MR) is 78.4 cm³/mol. The number of nitrogens with zero attached hydrogens (tertiary/aromatic N) is 2. The first-order chi connectivity index (χ1) is 9.22. The molecular weight excluding hydrogens is 304 g/mol. The molecule has 0 saturated carbocycles. The molecule has 0 amide bonds. The predicted octanol–water partition coefficient (Wildman–Crippen LogP) is 3.98. The van der Waals surface area contributed by atoms with Gasteiger partial charge in [-0.25, -0.2) is 4.98 Å². The first kappa shape index (κ1) is 12.2. The molecule has 0 aliphatic heterocycles. The molecule has 0 spiro atoms. The van der Waals surface area contributed by atoms with Crippen molar-refractivity contribution in [2.75, 3.05) is 0 Å². The van der Waals surface area contributed by atoms with Crippen molar-refractivity contribution in [1.82, 2.24) is 9.38 Å². The van der Waals surface area contributed by atoms with Gasteiger partial charge in [0.15, 0.2) is 0 Å². The van der Waals surface area contributed by atoms with E-state index in [0.29, 0.717) is 6.61 Å². The Balaban J connectivity index is 1.86. The lowest BCUT2D eigenvalue weighted by molar-refractivity contribution is 0.304. The summed E-state index contributed by atoms with van der Waals surface area (Å²) in [4.78, 5) is 4.43. The maximum atomic E-state index is 5.84. The van der Waals surface area contributed by atoms with E-state index in [1.165, 1.54) is 0 Å².